The van der Waals surface area contributed by atoms with Crippen molar-refractivity contribution in [3.8, 4) is 0 Å². The van der Waals surface area contributed by atoms with Crippen LogP contribution in [-0.4, -0.2) is 27.2 Å². The van der Waals surface area contributed by atoms with Crippen molar-refractivity contribution in [2.24, 2.45) is 46.3 Å². The zero-order valence-electron chi connectivity index (χ0n) is 20.4. The van der Waals surface area contributed by atoms with Crippen molar-refractivity contribution < 1.29 is 15.3 Å². The first kappa shape index (κ1) is 23.3. The average molecular weight is 429 g/mol. The molecule has 4 aliphatic carbocycles. The molecule has 8 atom stereocenters. The lowest BCUT2D eigenvalue weighted by Crippen LogP contribution is -2.59. The summed E-state index contributed by atoms with van der Waals surface area (Å²) in [4.78, 5) is 0. The Balaban J connectivity index is 1.62. The van der Waals surface area contributed by atoms with Gasteiger partial charge in [0.1, 0.15) is 0 Å². The van der Waals surface area contributed by atoms with Crippen LogP contribution in [0, 0.1) is 46.3 Å². The molecular formula is C28H44O3. The molecule has 31 heavy (non-hydrogen) atoms. The monoisotopic (exact) mass is 428 g/mol. The van der Waals surface area contributed by atoms with E-state index in [0.717, 1.165) is 18.4 Å². The highest BCUT2D eigenvalue weighted by Gasteiger charge is 2.62. The average Bonchev–Trinajstić information content (AvgIpc) is 3.03. The molecule has 0 aromatic rings. The molecular weight excluding hydrogens is 384 g/mol. The van der Waals surface area contributed by atoms with E-state index in [1.54, 1.807) is 0 Å². The van der Waals surface area contributed by atoms with Crippen molar-refractivity contribution in [1.82, 2.24) is 0 Å². The Kier molecular flexibility index (Phi) is 5.89. The molecule has 3 N–H and O–H groups in total. The van der Waals surface area contributed by atoms with Gasteiger partial charge in [0, 0.05) is 11.8 Å². The molecule has 0 heterocycles. The standard InChI is InChI=1S/C28H44O3/c1-17(2)18(3)7-8-19(4)23-11-12-24-22-10-9-20-15-21(29)16-28(30,31)27(20,6)25(22)13-14-26(23,24)5/h7-10,17-19,21,23-25,29-31H,11-16H2,1-6H3/b8-7+/t18-,19+,21-,23+,24-,25+,26+,27+/m0/s1. The van der Waals surface area contributed by atoms with Gasteiger partial charge in [-0.1, -0.05) is 77.0 Å². The molecule has 0 spiro atoms. The molecule has 0 unspecified atom stereocenters. The molecule has 0 bridgehead atoms. The number of allylic oxidation sites excluding steroid dienone is 5. The van der Waals surface area contributed by atoms with E-state index in [2.05, 4.69) is 58.9 Å². The highest BCUT2D eigenvalue weighted by Crippen LogP contribution is 2.67. The van der Waals surface area contributed by atoms with E-state index in [4.69, 9.17) is 0 Å². The second kappa shape index (κ2) is 7.85. The Morgan fingerprint density at radius 1 is 0.968 bits per heavy atom. The van der Waals surface area contributed by atoms with Gasteiger partial charge in [-0.05, 0) is 73.0 Å². The Labute approximate surface area is 189 Å². The lowest BCUT2D eigenvalue weighted by molar-refractivity contribution is -0.267. The zero-order valence-corrected chi connectivity index (χ0v) is 20.4. The summed E-state index contributed by atoms with van der Waals surface area (Å²) in [6.45, 7) is 13.8. The molecule has 0 aromatic carbocycles. The molecule has 3 fully saturated rings. The third-order valence-electron chi connectivity index (χ3n) is 10.2. The van der Waals surface area contributed by atoms with Gasteiger partial charge < -0.3 is 15.3 Å². The first-order valence-electron chi connectivity index (χ1n) is 12.6. The van der Waals surface area contributed by atoms with Crippen molar-refractivity contribution in [2.45, 2.75) is 92.0 Å². The fourth-order valence-electron chi connectivity index (χ4n) is 7.74. The predicted octanol–water partition coefficient (Wildman–Crippen LogP) is 5.62. The van der Waals surface area contributed by atoms with E-state index in [1.807, 2.05) is 6.92 Å². The summed E-state index contributed by atoms with van der Waals surface area (Å²) >= 11 is 0. The minimum Gasteiger partial charge on any atom is -0.393 e. The Morgan fingerprint density at radius 3 is 2.35 bits per heavy atom. The maximum atomic E-state index is 11.1. The van der Waals surface area contributed by atoms with E-state index in [0.29, 0.717) is 36.0 Å². The van der Waals surface area contributed by atoms with Crippen molar-refractivity contribution >= 4 is 0 Å². The van der Waals surface area contributed by atoms with Crippen LogP contribution >= 0.6 is 0 Å². The van der Waals surface area contributed by atoms with Crippen LogP contribution in [0.4, 0.5) is 0 Å². The molecule has 0 amide bonds. The van der Waals surface area contributed by atoms with Gasteiger partial charge in [-0.3, -0.25) is 0 Å². The van der Waals surface area contributed by atoms with Gasteiger partial charge in [-0.25, -0.2) is 0 Å². The number of aliphatic hydroxyl groups excluding tert-OH is 1. The Bertz CT molecular complexity index is 790. The number of rotatable bonds is 4. The zero-order chi connectivity index (χ0) is 22.8. The van der Waals surface area contributed by atoms with Gasteiger partial charge in [-0.2, -0.15) is 0 Å². The predicted molar refractivity (Wildman–Crippen MR) is 126 cm³/mol. The van der Waals surface area contributed by atoms with Gasteiger partial charge in [-0.15, -0.1) is 0 Å². The molecule has 0 radical (unpaired) electrons. The van der Waals surface area contributed by atoms with Crippen LogP contribution in [0.15, 0.2) is 35.5 Å². The molecule has 0 aliphatic heterocycles. The van der Waals surface area contributed by atoms with E-state index >= 15 is 0 Å². The summed E-state index contributed by atoms with van der Waals surface area (Å²) in [7, 11) is 0. The minimum atomic E-state index is -1.85. The number of hydrogen-bond acceptors (Lipinski definition) is 3. The molecule has 3 nitrogen and oxygen atoms in total. The van der Waals surface area contributed by atoms with E-state index in [9.17, 15) is 15.3 Å². The van der Waals surface area contributed by atoms with Crippen molar-refractivity contribution in [2.75, 3.05) is 0 Å². The number of fused-ring (bicyclic) bond motifs is 5. The normalized spacial score (nSPS) is 43.7. The van der Waals surface area contributed by atoms with Gasteiger partial charge in [0.25, 0.3) is 0 Å². The third kappa shape index (κ3) is 3.50. The molecule has 3 heteroatoms. The first-order valence-corrected chi connectivity index (χ1v) is 12.6. The van der Waals surface area contributed by atoms with Crippen LogP contribution in [0.2, 0.25) is 0 Å². The maximum Gasteiger partial charge on any atom is 0.174 e. The van der Waals surface area contributed by atoms with Crippen LogP contribution in [0.25, 0.3) is 0 Å². The van der Waals surface area contributed by atoms with Crippen molar-refractivity contribution in [1.29, 1.82) is 0 Å². The topological polar surface area (TPSA) is 60.7 Å². The smallest absolute Gasteiger partial charge is 0.174 e. The lowest BCUT2D eigenvalue weighted by Gasteiger charge is -2.58. The van der Waals surface area contributed by atoms with Crippen LogP contribution in [0.3, 0.4) is 0 Å². The van der Waals surface area contributed by atoms with Crippen LogP contribution < -0.4 is 0 Å². The minimum absolute atomic E-state index is 0.0467. The second-order valence-corrected chi connectivity index (χ2v) is 12.1. The van der Waals surface area contributed by atoms with Gasteiger partial charge in [0.2, 0.25) is 0 Å². The van der Waals surface area contributed by atoms with Gasteiger partial charge in [0.15, 0.2) is 5.79 Å². The SMILES string of the molecule is CC(C)[C@@H](C)/C=C/[C@@H](C)[C@H]1CC[C@H]2C3=CC=C4C[C@H](O)CC(O)(O)[C@@]4(C)[C@@H]3CC[C@]12C. The molecule has 0 saturated heterocycles. The molecule has 4 rings (SSSR count). The van der Waals surface area contributed by atoms with E-state index < -0.39 is 17.3 Å². The van der Waals surface area contributed by atoms with Crippen LogP contribution in [0.1, 0.15) is 80.1 Å². The molecule has 4 aliphatic rings. The largest absolute Gasteiger partial charge is 0.393 e. The van der Waals surface area contributed by atoms with Crippen LogP contribution in [-0.2, 0) is 0 Å². The second-order valence-electron chi connectivity index (χ2n) is 12.1. The molecule has 3 saturated carbocycles. The van der Waals surface area contributed by atoms with Gasteiger partial charge >= 0.3 is 0 Å². The fourth-order valence-corrected chi connectivity index (χ4v) is 7.74. The van der Waals surface area contributed by atoms with Crippen molar-refractivity contribution in [3.63, 3.8) is 0 Å². The highest BCUT2D eigenvalue weighted by molar-refractivity contribution is 5.41. The summed E-state index contributed by atoms with van der Waals surface area (Å²) in [6.07, 6.45) is 13.8. The van der Waals surface area contributed by atoms with Crippen molar-refractivity contribution in [3.05, 3.63) is 35.5 Å². The quantitative estimate of drug-likeness (QED) is 0.402. The summed E-state index contributed by atoms with van der Waals surface area (Å²) in [5.41, 5.74) is 2.05. The number of aliphatic hydroxyl groups is 3. The lowest BCUT2D eigenvalue weighted by atomic mass is 9.48. The number of hydrogen-bond donors (Lipinski definition) is 3. The van der Waals surface area contributed by atoms with Gasteiger partial charge in [0.05, 0.1) is 6.10 Å². The Morgan fingerprint density at radius 2 is 1.68 bits per heavy atom. The molecule has 174 valence electrons. The Hall–Kier alpha value is -0.900. The molecule has 0 aromatic heterocycles. The van der Waals surface area contributed by atoms with E-state index in [1.165, 1.54) is 18.4 Å². The first-order chi connectivity index (χ1) is 14.4. The fraction of sp³-hybridized carbons (Fsp3) is 0.786. The third-order valence-corrected chi connectivity index (χ3v) is 10.2. The summed E-state index contributed by atoms with van der Waals surface area (Å²) in [5.74, 6) is 1.36. The van der Waals surface area contributed by atoms with Crippen LogP contribution in [0.5, 0.6) is 0 Å². The highest BCUT2D eigenvalue weighted by atomic mass is 16.5. The summed E-state index contributed by atoms with van der Waals surface area (Å²) in [5, 5.41) is 32.4. The summed E-state index contributed by atoms with van der Waals surface area (Å²) in [6, 6.07) is 0. The van der Waals surface area contributed by atoms with E-state index in [-0.39, 0.29) is 17.8 Å². The summed E-state index contributed by atoms with van der Waals surface area (Å²) < 4.78 is 0. The maximum absolute atomic E-state index is 11.1.